The van der Waals surface area contributed by atoms with Gasteiger partial charge in [-0.1, -0.05) is 18.2 Å². The Kier molecular flexibility index (Phi) is 4.16. The Hall–Kier alpha value is -1.17. The number of aliphatic hydroxyl groups is 1. The molecule has 1 atom stereocenters. The summed E-state index contributed by atoms with van der Waals surface area (Å²) in [5.41, 5.74) is 1.35. The van der Waals surface area contributed by atoms with E-state index in [-0.39, 0.29) is 18.3 Å². The van der Waals surface area contributed by atoms with E-state index in [9.17, 15) is 8.78 Å². The van der Waals surface area contributed by atoms with Crippen molar-refractivity contribution in [3.63, 3.8) is 0 Å². The van der Waals surface area contributed by atoms with Crippen LogP contribution < -0.4 is 5.32 Å². The maximum absolute atomic E-state index is 12.1. The highest BCUT2D eigenvalue weighted by Crippen LogP contribution is 2.29. The second kappa shape index (κ2) is 5.65. The van der Waals surface area contributed by atoms with Crippen LogP contribution in [-0.4, -0.2) is 24.2 Å². The quantitative estimate of drug-likeness (QED) is 0.882. The summed E-state index contributed by atoms with van der Waals surface area (Å²) in [4.78, 5) is 0. The third kappa shape index (κ3) is 2.80. The molecule has 18 heavy (non-hydrogen) atoms. The summed E-state index contributed by atoms with van der Waals surface area (Å²) in [6.07, 6.45) is -4.43. The summed E-state index contributed by atoms with van der Waals surface area (Å²) >= 11 is 5.93. The zero-order valence-electron chi connectivity index (χ0n) is 9.37. The molecule has 0 fully saturated rings. The van der Waals surface area contributed by atoms with E-state index in [4.69, 9.17) is 21.1 Å². The Morgan fingerprint density at radius 1 is 1.33 bits per heavy atom. The van der Waals surface area contributed by atoms with Crippen molar-refractivity contribution in [1.82, 2.24) is 5.32 Å². The van der Waals surface area contributed by atoms with Crippen molar-refractivity contribution in [3.8, 4) is 0 Å². The lowest BCUT2D eigenvalue weighted by molar-refractivity contribution is -0.00339. The van der Waals surface area contributed by atoms with Gasteiger partial charge >= 0.3 is 0 Å². The van der Waals surface area contributed by atoms with Gasteiger partial charge in [0.25, 0.3) is 6.43 Å². The lowest BCUT2D eigenvalue weighted by Gasteiger charge is -2.10. The number of alkyl halides is 2. The molecule has 1 aromatic carbocycles. The second-order valence-corrected chi connectivity index (χ2v) is 4.23. The Morgan fingerprint density at radius 3 is 2.78 bits per heavy atom. The van der Waals surface area contributed by atoms with Gasteiger partial charge in [-0.3, -0.25) is 0 Å². The summed E-state index contributed by atoms with van der Waals surface area (Å²) in [6, 6.07) is 7.27. The van der Waals surface area contributed by atoms with Gasteiger partial charge in [-0.05, 0) is 17.7 Å². The maximum atomic E-state index is 12.1. The molecule has 2 rings (SSSR count). The predicted octanol–water partition coefficient (Wildman–Crippen LogP) is 2.80. The number of halogens is 3. The normalized spacial score (nSPS) is 13.4. The van der Waals surface area contributed by atoms with E-state index in [1.165, 1.54) is 0 Å². The molecular weight excluding hydrogens is 264 g/mol. The smallest absolute Gasteiger partial charge is 0.265 e. The number of para-hydroxylation sites is 1. The molecule has 3 nitrogen and oxygen atoms in total. The van der Waals surface area contributed by atoms with Gasteiger partial charge in [-0.15, -0.1) is 0 Å². The number of rotatable bonds is 5. The molecule has 0 radical (unpaired) electrons. The van der Waals surface area contributed by atoms with Gasteiger partial charge in [0.2, 0.25) is 0 Å². The number of aliphatic hydroxyl groups excluding tert-OH is 1. The molecule has 0 amide bonds. The lowest BCUT2D eigenvalue weighted by Crippen LogP contribution is -2.31. The lowest BCUT2D eigenvalue weighted by atomic mass is 10.2. The van der Waals surface area contributed by atoms with E-state index >= 15 is 0 Å². The molecule has 0 spiro atoms. The molecular formula is C12H12ClF2NO2. The van der Waals surface area contributed by atoms with Crippen LogP contribution >= 0.6 is 11.6 Å². The Labute approximate surface area is 107 Å². The van der Waals surface area contributed by atoms with Gasteiger partial charge in [0, 0.05) is 24.0 Å². The number of nitrogens with one attached hydrogen (secondary N) is 1. The minimum Gasteiger partial charge on any atom is -0.444 e. The number of hydrogen-bond donors (Lipinski definition) is 2. The van der Waals surface area contributed by atoms with Gasteiger partial charge in [0.15, 0.2) is 5.22 Å². The number of benzene rings is 1. The van der Waals surface area contributed by atoms with Gasteiger partial charge < -0.3 is 14.8 Å². The van der Waals surface area contributed by atoms with Crippen molar-refractivity contribution in [2.75, 3.05) is 6.54 Å². The predicted molar refractivity (Wildman–Crippen MR) is 64.9 cm³/mol. The average molecular weight is 276 g/mol. The van der Waals surface area contributed by atoms with Crippen LogP contribution in [0, 0.1) is 0 Å². The minimum atomic E-state index is -2.76. The van der Waals surface area contributed by atoms with Crippen LogP contribution in [0.25, 0.3) is 11.0 Å². The van der Waals surface area contributed by atoms with E-state index in [1.54, 1.807) is 6.07 Å². The molecule has 0 saturated heterocycles. The van der Waals surface area contributed by atoms with Crippen LogP contribution in [0.3, 0.4) is 0 Å². The fourth-order valence-electron chi connectivity index (χ4n) is 1.67. The first-order valence-corrected chi connectivity index (χ1v) is 5.80. The van der Waals surface area contributed by atoms with Crippen molar-refractivity contribution in [2.45, 2.75) is 19.1 Å². The van der Waals surface area contributed by atoms with E-state index in [1.807, 2.05) is 18.2 Å². The summed E-state index contributed by atoms with van der Waals surface area (Å²) in [7, 11) is 0. The van der Waals surface area contributed by atoms with E-state index in [0.717, 1.165) is 5.39 Å². The molecule has 2 N–H and O–H groups in total. The molecule has 2 aromatic rings. The van der Waals surface area contributed by atoms with E-state index in [0.29, 0.717) is 11.1 Å². The minimum absolute atomic E-state index is 0.201. The number of furan rings is 1. The largest absolute Gasteiger partial charge is 0.444 e. The summed E-state index contributed by atoms with van der Waals surface area (Å²) < 4.78 is 29.5. The summed E-state index contributed by atoms with van der Waals surface area (Å²) in [5, 5.41) is 12.8. The second-order valence-electron chi connectivity index (χ2n) is 3.88. The highest BCUT2D eigenvalue weighted by Gasteiger charge is 2.17. The molecule has 0 aliphatic carbocycles. The Morgan fingerprint density at radius 2 is 2.06 bits per heavy atom. The highest BCUT2D eigenvalue weighted by atomic mass is 35.5. The Balaban J connectivity index is 2.05. The average Bonchev–Trinajstić information content (AvgIpc) is 2.65. The van der Waals surface area contributed by atoms with Crippen LogP contribution in [0.2, 0.25) is 5.22 Å². The molecule has 1 heterocycles. The first-order chi connectivity index (χ1) is 8.59. The van der Waals surface area contributed by atoms with Gasteiger partial charge in [-0.25, -0.2) is 8.78 Å². The number of fused-ring (bicyclic) bond motifs is 1. The van der Waals surface area contributed by atoms with E-state index < -0.39 is 12.5 Å². The van der Waals surface area contributed by atoms with Crippen molar-refractivity contribution >= 4 is 22.6 Å². The van der Waals surface area contributed by atoms with Crippen molar-refractivity contribution in [3.05, 3.63) is 35.0 Å². The molecule has 0 aliphatic rings. The monoisotopic (exact) mass is 275 g/mol. The summed E-state index contributed by atoms with van der Waals surface area (Å²) in [6.45, 7) is 0.0626. The fourth-order valence-corrected chi connectivity index (χ4v) is 1.92. The Bertz CT molecular complexity index is 530. The molecule has 6 heteroatoms. The maximum Gasteiger partial charge on any atom is 0.265 e. The van der Waals surface area contributed by atoms with Crippen LogP contribution in [0.15, 0.2) is 28.7 Å². The van der Waals surface area contributed by atoms with Gasteiger partial charge in [-0.2, -0.15) is 0 Å². The first kappa shape index (κ1) is 13.3. The van der Waals surface area contributed by atoms with E-state index in [2.05, 4.69) is 5.32 Å². The zero-order chi connectivity index (χ0) is 13.1. The summed E-state index contributed by atoms with van der Waals surface area (Å²) in [5.74, 6) is 0. The molecule has 1 unspecified atom stereocenters. The third-order valence-electron chi connectivity index (χ3n) is 2.60. The molecule has 1 aromatic heterocycles. The molecule has 0 aliphatic heterocycles. The van der Waals surface area contributed by atoms with Crippen LogP contribution in [0.5, 0.6) is 0 Å². The van der Waals surface area contributed by atoms with Gasteiger partial charge in [0.1, 0.15) is 11.7 Å². The standard InChI is InChI=1S/C12H12ClF2NO2/c13-11-8(5-16-6-9(17)12(14)15)7-3-1-2-4-10(7)18-11/h1-4,9,12,16-17H,5-6H2. The third-order valence-corrected chi connectivity index (χ3v) is 2.90. The van der Waals surface area contributed by atoms with Crippen molar-refractivity contribution < 1.29 is 18.3 Å². The topological polar surface area (TPSA) is 45.4 Å². The van der Waals surface area contributed by atoms with Crippen molar-refractivity contribution in [1.29, 1.82) is 0 Å². The molecule has 0 saturated carbocycles. The highest BCUT2D eigenvalue weighted by molar-refractivity contribution is 6.30. The first-order valence-electron chi connectivity index (χ1n) is 5.42. The SMILES string of the molecule is OC(CNCc1c(Cl)oc2ccccc12)C(F)F. The van der Waals surface area contributed by atoms with Crippen LogP contribution in [0.1, 0.15) is 5.56 Å². The number of hydrogen-bond acceptors (Lipinski definition) is 3. The van der Waals surface area contributed by atoms with Crippen LogP contribution in [0.4, 0.5) is 8.78 Å². The molecule has 98 valence electrons. The van der Waals surface area contributed by atoms with Crippen LogP contribution in [-0.2, 0) is 6.54 Å². The van der Waals surface area contributed by atoms with Crippen molar-refractivity contribution in [2.24, 2.45) is 0 Å². The zero-order valence-corrected chi connectivity index (χ0v) is 10.1. The fraction of sp³-hybridized carbons (Fsp3) is 0.333. The molecule has 0 bridgehead atoms. The van der Waals surface area contributed by atoms with Gasteiger partial charge in [0.05, 0.1) is 0 Å².